The summed E-state index contributed by atoms with van der Waals surface area (Å²) in [5, 5.41) is 16.5. The van der Waals surface area contributed by atoms with E-state index in [0.717, 1.165) is 109 Å². The molecule has 1 atom stereocenters. The topological polar surface area (TPSA) is 95.7 Å². The Hall–Kier alpha value is -2.15. The van der Waals surface area contributed by atoms with Crippen LogP contribution in [0.15, 0.2) is 24.3 Å². The Kier molecular flexibility index (Phi) is 42.3. The monoisotopic (exact) mass is 788 g/mol. The summed E-state index contributed by atoms with van der Waals surface area (Å²) in [5.41, 5.74) is 0. The average molecular weight is 788 g/mol. The number of esters is 1. The van der Waals surface area contributed by atoms with Gasteiger partial charge in [-0.05, 0) is 91.3 Å². The third-order valence-corrected chi connectivity index (χ3v) is 10.6. The van der Waals surface area contributed by atoms with E-state index in [1.165, 1.54) is 103 Å². The fourth-order valence-electron chi connectivity index (χ4n) is 7.04. The van der Waals surface area contributed by atoms with Crippen LogP contribution < -0.4 is 0 Å². The summed E-state index contributed by atoms with van der Waals surface area (Å²) in [6.07, 6.45) is 48.0. The van der Waals surface area contributed by atoms with E-state index in [-0.39, 0.29) is 12.1 Å². The van der Waals surface area contributed by atoms with Crippen molar-refractivity contribution in [1.82, 2.24) is 4.90 Å². The predicted molar refractivity (Wildman–Crippen MR) is 242 cm³/mol. The van der Waals surface area contributed by atoms with E-state index in [4.69, 9.17) is 25.0 Å². The van der Waals surface area contributed by atoms with Crippen LogP contribution in [0.5, 0.6) is 0 Å². The lowest BCUT2D eigenvalue weighted by molar-refractivity contribution is -0.142. The highest BCUT2D eigenvalue weighted by atomic mass is 16.5. The first-order valence-corrected chi connectivity index (χ1v) is 23.9. The Labute approximate surface area is 348 Å². The molecular weight excluding hydrogens is 695 g/mol. The van der Waals surface area contributed by atoms with Crippen molar-refractivity contribution in [2.24, 2.45) is 0 Å². The van der Waals surface area contributed by atoms with E-state index in [2.05, 4.69) is 51.1 Å². The molecule has 0 aliphatic rings. The van der Waals surface area contributed by atoms with Gasteiger partial charge in [-0.2, -0.15) is 0 Å². The molecule has 0 aromatic heterocycles. The first-order valence-electron chi connectivity index (χ1n) is 23.9. The molecule has 0 saturated heterocycles. The highest BCUT2D eigenvalue weighted by Gasteiger charge is 2.13. The van der Waals surface area contributed by atoms with E-state index in [9.17, 15) is 4.79 Å². The summed E-state index contributed by atoms with van der Waals surface area (Å²) >= 11 is 0. The maximum atomic E-state index is 12.1. The van der Waals surface area contributed by atoms with E-state index < -0.39 is 0 Å². The molecule has 0 aliphatic carbocycles. The van der Waals surface area contributed by atoms with Gasteiger partial charge in [0.05, 0.1) is 0 Å². The summed E-state index contributed by atoms with van der Waals surface area (Å²) in [5.74, 6) is 0.761. The molecular formula is C49H93N3O4. The summed E-state index contributed by atoms with van der Waals surface area (Å²) in [7, 11) is 4.14. The van der Waals surface area contributed by atoms with Gasteiger partial charge in [0, 0.05) is 19.3 Å². The maximum Gasteiger partial charge on any atom is 0.306 e. The van der Waals surface area contributed by atoms with Crippen molar-refractivity contribution in [3.8, 4) is 0 Å². The van der Waals surface area contributed by atoms with Crippen molar-refractivity contribution < 1.29 is 19.0 Å². The van der Waals surface area contributed by atoms with Crippen molar-refractivity contribution in [1.29, 1.82) is 10.8 Å². The summed E-state index contributed by atoms with van der Waals surface area (Å²) in [6.45, 7) is 6.43. The van der Waals surface area contributed by atoms with Crippen molar-refractivity contribution in [3.63, 3.8) is 0 Å². The number of unbranched alkanes of at least 4 members (excludes halogenated alkanes) is 24. The van der Waals surface area contributed by atoms with Crippen LogP contribution in [0.25, 0.3) is 0 Å². The molecule has 0 aromatic rings. The van der Waals surface area contributed by atoms with Gasteiger partial charge in [0.1, 0.15) is 19.3 Å². The normalized spacial score (nSPS) is 12.2. The van der Waals surface area contributed by atoms with E-state index in [0.29, 0.717) is 37.9 Å². The maximum absolute atomic E-state index is 12.1. The van der Waals surface area contributed by atoms with Crippen LogP contribution in [0.1, 0.15) is 232 Å². The lowest BCUT2D eigenvalue weighted by Gasteiger charge is -2.20. The predicted octanol–water partition coefficient (Wildman–Crippen LogP) is 14.9. The molecule has 0 fully saturated rings. The fraction of sp³-hybridized carbons (Fsp3) is 0.857. The molecule has 0 radical (unpaired) electrons. The average Bonchev–Trinajstić information content (AvgIpc) is 3.17. The zero-order valence-corrected chi connectivity index (χ0v) is 37.6. The largest absolute Gasteiger partial charge is 0.478 e. The zero-order valence-electron chi connectivity index (χ0n) is 37.6. The standard InChI is InChI=1S/C49H93N3O4/c1-5-7-9-11-13-15-17-19-21-29-35-44-54-47(50)40-33-27-23-25-31-38-46(56-48(51)41-37-43-52(3)4)39-32-26-24-28-34-42-49(53)55-45-36-30-22-20-18-16-14-12-10-8-6-2/h29-30,35-36,46,50-51H,5-28,31-34,37-45H2,1-4H3/b35-29-,36-30-,50-47?,51-48?. The highest BCUT2D eigenvalue weighted by molar-refractivity contribution is 5.73. The minimum absolute atomic E-state index is 0.0817. The minimum atomic E-state index is -0.0817. The summed E-state index contributed by atoms with van der Waals surface area (Å²) < 4.78 is 17.2. The summed E-state index contributed by atoms with van der Waals surface area (Å²) in [4.78, 5) is 14.3. The zero-order chi connectivity index (χ0) is 41.0. The van der Waals surface area contributed by atoms with E-state index >= 15 is 0 Å². The molecule has 56 heavy (non-hydrogen) atoms. The Morgan fingerprint density at radius 3 is 1.39 bits per heavy atom. The molecule has 0 rings (SSSR count). The number of nitrogens with one attached hydrogen (secondary N) is 2. The minimum Gasteiger partial charge on any atom is -0.478 e. The lowest BCUT2D eigenvalue weighted by atomic mass is 10.0. The van der Waals surface area contributed by atoms with Crippen molar-refractivity contribution in [2.75, 3.05) is 33.9 Å². The Morgan fingerprint density at radius 1 is 0.482 bits per heavy atom. The Bertz CT molecular complexity index is 874. The highest BCUT2D eigenvalue weighted by Crippen LogP contribution is 2.18. The molecule has 7 heteroatoms. The van der Waals surface area contributed by atoms with Crippen molar-refractivity contribution >= 4 is 17.8 Å². The number of allylic oxidation sites excluding steroid dienone is 2. The molecule has 2 N–H and O–H groups in total. The molecule has 0 aliphatic heterocycles. The second-order valence-electron chi connectivity index (χ2n) is 16.6. The Balaban J connectivity index is 4.04. The number of carbonyl (C=O) groups excluding carboxylic acids is 1. The van der Waals surface area contributed by atoms with Crippen LogP contribution in [0.4, 0.5) is 0 Å². The molecule has 0 amide bonds. The second kappa shape index (κ2) is 44.0. The molecule has 0 spiro atoms. The van der Waals surface area contributed by atoms with Gasteiger partial charge in [0.15, 0.2) is 11.8 Å². The fourth-order valence-corrected chi connectivity index (χ4v) is 7.04. The van der Waals surface area contributed by atoms with Gasteiger partial charge in [0.25, 0.3) is 0 Å². The van der Waals surface area contributed by atoms with Gasteiger partial charge in [-0.15, -0.1) is 0 Å². The van der Waals surface area contributed by atoms with Crippen LogP contribution >= 0.6 is 0 Å². The van der Waals surface area contributed by atoms with Gasteiger partial charge < -0.3 is 19.1 Å². The number of carbonyl (C=O) groups is 1. The van der Waals surface area contributed by atoms with Crippen LogP contribution in [0.2, 0.25) is 0 Å². The number of hydrogen-bond donors (Lipinski definition) is 2. The number of ether oxygens (including phenoxy) is 3. The van der Waals surface area contributed by atoms with Crippen LogP contribution in [0, 0.1) is 10.8 Å². The van der Waals surface area contributed by atoms with Crippen molar-refractivity contribution in [3.05, 3.63) is 24.3 Å². The third kappa shape index (κ3) is 43.0. The van der Waals surface area contributed by atoms with Gasteiger partial charge in [-0.25, -0.2) is 0 Å². The van der Waals surface area contributed by atoms with Crippen LogP contribution in [-0.2, 0) is 19.0 Å². The van der Waals surface area contributed by atoms with Crippen LogP contribution in [0.3, 0.4) is 0 Å². The molecule has 328 valence electrons. The third-order valence-electron chi connectivity index (χ3n) is 10.6. The lowest BCUT2D eigenvalue weighted by Crippen LogP contribution is -2.20. The smallest absolute Gasteiger partial charge is 0.306 e. The number of nitrogens with zero attached hydrogens (tertiary/aromatic N) is 1. The first kappa shape index (κ1) is 53.9. The molecule has 0 bridgehead atoms. The Morgan fingerprint density at radius 2 is 0.893 bits per heavy atom. The van der Waals surface area contributed by atoms with E-state index in [1.54, 1.807) is 0 Å². The second-order valence-corrected chi connectivity index (χ2v) is 16.6. The van der Waals surface area contributed by atoms with Gasteiger partial charge >= 0.3 is 5.97 Å². The van der Waals surface area contributed by atoms with E-state index in [1.807, 2.05) is 6.08 Å². The number of rotatable bonds is 43. The SMILES string of the molecule is CCCCCCCCCC/C=C\COC(=N)CCCCCCCC(CCCCCCCC(=O)OC/C=C\CCCCCCCCCC)OC(=N)CCCN(C)C. The number of hydrogen-bond acceptors (Lipinski definition) is 7. The van der Waals surface area contributed by atoms with Crippen molar-refractivity contribution in [2.45, 2.75) is 238 Å². The molecule has 0 heterocycles. The summed E-state index contributed by atoms with van der Waals surface area (Å²) in [6, 6.07) is 0. The molecule has 7 nitrogen and oxygen atoms in total. The molecule has 0 aromatic carbocycles. The van der Waals surface area contributed by atoms with Gasteiger partial charge in [0.2, 0.25) is 0 Å². The first-order chi connectivity index (χ1) is 27.4. The molecule has 0 saturated carbocycles. The van der Waals surface area contributed by atoms with Gasteiger partial charge in [-0.1, -0.05) is 167 Å². The van der Waals surface area contributed by atoms with Gasteiger partial charge in [-0.3, -0.25) is 15.6 Å². The van der Waals surface area contributed by atoms with Crippen LogP contribution in [-0.4, -0.2) is 62.6 Å². The quantitative estimate of drug-likeness (QED) is 0.0211. The molecule has 1 unspecified atom stereocenters.